The molecule has 0 saturated carbocycles. The molecule has 3 rings (SSSR count). The molecule has 0 aromatic heterocycles. The van der Waals surface area contributed by atoms with Gasteiger partial charge in [0.05, 0.1) is 23.9 Å². The van der Waals surface area contributed by atoms with Gasteiger partial charge in [-0.3, -0.25) is 0 Å². The molecule has 2 heterocycles. The van der Waals surface area contributed by atoms with Gasteiger partial charge in [-0.2, -0.15) is 13.2 Å². The average molecular weight is 286 g/mol. The van der Waals surface area contributed by atoms with Gasteiger partial charge in [0.2, 0.25) is 0 Å². The maximum atomic E-state index is 12.6. The predicted molar refractivity (Wildman–Crippen MR) is 67.2 cm³/mol. The van der Waals surface area contributed by atoms with Crippen LogP contribution in [0.2, 0.25) is 0 Å². The predicted octanol–water partition coefficient (Wildman–Crippen LogP) is 3.18. The molecule has 2 fully saturated rings. The van der Waals surface area contributed by atoms with E-state index in [4.69, 9.17) is 4.74 Å². The van der Waals surface area contributed by atoms with E-state index in [-0.39, 0.29) is 24.5 Å². The lowest BCUT2D eigenvalue weighted by Gasteiger charge is -2.24. The Kier molecular flexibility index (Phi) is 3.50. The Morgan fingerprint density at radius 3 is 2.70 bits per heavy atom. The maximum absolute atomic E-state index is 12.6. The minimum Gasteiger partial charge on any atom is -0.392 e. The number of rotatable bonds is 3. The summed E-state index contributed by atoms with van der Waals surface area (Å²) >= 11 is 0. The van der Waals surface area contributed by atoms with E-state index in [9.17, 15) is 18.3 Å². The number of ether oxygens (including phenoxy) is 1. The molecule has 4 unspecified atom stereocenters. The van der Waals surface area contributed by atoms with Gasteiger partial charge >= 0.3 is 6.18 Å². The Labute approximate surface area is 115 Å². The van der Waals surface area contributed by atoms with Crippen molar-refractivity contribution < 1.29 is 23.0 Å². The number of fused-ring (bicyclic) bond motifs is 2. The summed E-state index contributed by atoms with van der Waals surface area (Å²) in [5.74, 6) is 0.0586. The van der Waals surface area contributed by atoms with E-state index in [0.29, 0.717) is 5.56 Å². The molecule has 2 aliphatic heterocycles. The van der Waals surface area contributed by atoms with Crippen LogP contribution in [0.1, 0.15) is 30.4 Å². The monoisotopic (exact) mass is 286 g/mol. The van der Waals surface area contributed by atoms with E-state index < -0.39 is 17.8 Å². The van der Waals surface area contributed by atoms with Crippen LogP contribution in [0.4, 0.5) is 13.2 Å². The van der Waals surface area contributed by atoms with Crippen molar-refractivity contribution in [1.82, 2.24) is 0 Å². The SMILES string of the molecule is OC(Cc1cccc(C(F)(F)F)c1)C1CC2CCC1O2. The van der Waals surface area contributed by atoms with Gasteiger partial charge in [0.25, 0.3) is 0 Å². The zero-order valence-corrected chi connectivity index (χ0v) is 10.9. The second kappa shape index (κ2) is 5.04. The largest absolute Gasteiger partial charge is 0.416 e. The number of hydrogen-bond acceptors (Lipinski definition) is 2. The number of benzene rings is 1. The van der Waals surface area contributed by atoms with Gasteiger partial charge in [-0.1, -0.05) is 18.2 Å². The van der Waals surface area contributed by atoms with Crippen molar-refractivity contribution in [2.24, 2.45) is 5.92 Å². The molecular formula is C15H17F3O2. The van der Waals surface area contributed by atoms with E-state index in [1.165, 1.54) is 6.07 Å². The molecule has 2 aliphatic rings. The third kappa shape index (κ3) is 2.69. The standard InChI is InChI=1S/C15H17F3O2/c16-15(17,18)10-3-1-2-9(6-10)7-13(19)12-8-11-4-5-14(12)20-11/h1-3,6,11-14,19H,4-5,7-8H2. The highest BCUT2D eigenvalue weighted by Crippen LogP contribution is 2.41. The first-order chi connectivity index (χ1) is 9.43. The quantitative estimate of drug-likeness (QED) is 0.924. The maximum Gasteiger partial charge on any atom is 0.416 e. The van der Waals surface area contributed by atoms with Crippen molar-refractivity contribution >= 4 is 0 Å². The van der Waals surface area contributed by atoms with Crippen LogP contribution in [-0.4, -0.2) is 23.4 Å². The summed E-state index contributed by atoms with van der Waals surface area (Å²) in [5, 5.41) is 10.3. The fraction of sp³-hybridized carbons (Fsp3) is 0.600. The summed E-state index contributed by atoms with van der Waals surface area (Å²) < 4.78 is 43.6. The minimum atomic E-state index is -4.34. The molecule has 4 atom stereocenters. The lowest BCUT2D eigenvalue weighted by atomic mass is 9.83. The van der Waals surface area contributed by atoms with E-state index in [1.807, 2.05) is 0 Å². The van der Waals surface area contributed by atoms with Crippen molar-refractivity contribution in [3.8, 4) is 0 Å². The van der Waals surface area contributed by atoms with Gasteiger partial charge < -0.3 is 9.84 Å². The molecule has 0 spiro atoms. The van der Waals surface area contributed by atoms with Crippen LogP contribution in [0.15, 0.2) is 24.3 Å². The molecular weight excluding hydrogens is 269 g/mol. The molecule has 110 valence electrons. The third-order valence-electron chi connectivity index (χ3n) is 4.35. The summed E-state index contributed by atoms with van der Waals surface area (Å²) in [6.45, 7) is 0. The second-order valence-corrected chi connectivity index (χ2v) is 5.74. The van der Waals surface area contributed by atoms with Gasteiger partial charge in [0.1, 0.15) is 0 Å². The lowest BCUT2D eigenvalue weighted by molar-refractivity contribution is -0.137. The van der Waals surface area contributed by atoms with Gasteiger partial charge in [-0.25, -0.2) is 0 Å². The Bertz CT molecular complexity index is 486. The molecule has 0 amide bonds. The fourth-order valence-electron chi connectivity index (χ4n) is 3.35. The highest BCUT2D eigenvalue weighted by molar-refractivity contribution is 5.26. The highest BCUT2D eigenvalue weighted by Gasteiger charge is 2.43. The molecule has 2 nitrogen and oxygen atoms in total. The van der Waals surface area contributed by atoms with Crippen molar-refractivity contribution in [3.63, 3.8) is 0 Å². The first kappa shape index (κ1) is 13.9. The molecule has 2 saturated heterocycles. The normalized spacial score (nSPS) is 30.7. The van der Waals surface area contributed by atoms with Crippen molar-refractivity contribution in [3.05, 3.63) is 35.4 Å². The summed E-state index contributed by atoms with van der Waals surface area (Å²) in [6, 6.07) is 5.20. The fourth-order valence-corrected chi connectivity index (χ4v) is 3.35. The van der Waals surface area contributed by atoms with Crippen LogP contribution < -0.4 is 0 Å². The lowest BCUT2D eigenvalue weighted by Crippen LogP contribution is -2.31. The highest BCUT2D eigenvalue weighted by atomic mass is 19.4. The van der Waals surface area contributed by atoms with Gasteiger partial charge in [-0.05, 0) is 37.3 Å². The van der Waals surface area contributed by atoms with Crippen LogP contribution in [-0.2, 0) is 17.3 Å². The molecule has 1 aromatic carbocycles. The first-order valence-electron chi connectivity index (χ1n) is 6.93. The van der Waals surface area contributed by atoms with E-state index >= 15 is 0 Å². The average Bonchev–Trinajstić information content (AvgIpc) is 3.00. The molecule has 1 aromatic rings. The Balaban J connectivity index is 1.68. The topological polar surface area (TPSA) is 29.5 Å². The van der Waals surface area contributed by atoms with E-state index in [2.05, 4.69) is 0 Å². The number of aliphatic hydroxyl groups is 1. The second-order valence-electron chi connectivity index (χ2n) is 5.74. The zero-order valence-electron chi connectivity index (χ0n) is 10.9. The molecule has 0 radical (unpaired) electrons. The Hall–Kier alpha value is -1.07. The number of hydrogen-bond donors (Lipinski definition) is 1. The van der Waals surface area contributed by atoms with Gasteiger partial charge in [0.15, 0.2) is 0 Å². The van der Waals surface area contributed by atoms with Crippen LogP contribution in [0.25, 0.3) is 0 Å². The van der Waals surface area contributed by atoms with E-state index in [0.717, 1.165) is 31.4 Å². The molecule has 0 aliphatic carbocycles. The summed E-state index contributed by atoms with van der Waals surface area (Å²) in [7, 11) is 0. The van der Waals surface area contributed by atoms with Crippen LogP contribution in [0.5, 0.6) is 0 Å². The minimum absolute atomic E-state index is 0.0586. The van der Waals surface area contributed by atoms with Crippen LogP contribution in [0.3, 0.4) is 0 Å². The summed E-state index contributed by atoms with van der Waals surface area (Å²) in [4.78, 5) is 0. The zero-order chi connectivity index (χ0) is 14.3. The first-order valence-corrected chi connectivity index (χ1v) is 6.93. The smallest absolute Gasteiger partial charge is 0.392 e. The van der Waals surface area contributed by atoms with E-state index in [1.54, 1.807) is 6.07 Å². The molecule has 5 heteroatoms. The van der Waals surface area contributed by atoms with Crippen molar-refractivity contribution in [2.75, 3.05) is 0 Å². The van der Waals surface area contributed by atoms with Crippen LogP contribution in [0, 0.1) is 5.92 Å². The summed E-state index contributed by atoms with van der Waals surface area (Å²) in [5.41, 5.74) is -0.138. The Morgan fingerprint density at radius 1 is 1.30 bits per heavy atom. The number of aliphatic hydroxyl groups excluding tert-OH is 1. The summed E-state index contributed by atoms with van der Waals surface area (Å²) in [6.07, 6.45) is -1.58. The van der Waals surface area contributed by atoms with Crippen molar-refractivity contribution in [1.29, 1.82) is 0 Å². The number of alkyl halides is 3. The van der Waals surface area contributed by atoms with Gasteiger partial charge in [0, 0.05) is 5.92 Å². The Morgan fingerprint density at radius 2 is 2.10 bits per heavy atom. The molecule has 20 heavy (non-hydrogen) atoms. The molecule has 1 N–H and O–H groups in total. The molecule has 2 bridgehead atoms. The van der Waals surface area contributed by atoms with Gasteiger partial charge in [-0.15, -0.1) is 0 Å². The third-order valence-corrected chi connectivity index (χ3v) is 4.35. The van der Waals surface area contributed by atoms with Crippen molar-refractivity contribution in [2.45, 2.75) is 50.2 Å². The number of halogens is 3. The van der Waals surface area contributed by atoms with Crippen LogP contribution >= 0.6 is 0 Å².